The number of carbonyl (C=O) groups excluding carboxylic acids is 2. The van der Waals surface area contributed by atoms with Crippen LogP contribution in [0.3, 0.4) is 0 Å². The molecular formula is C21H27N3O4. The molecule has 0 aliphatic rings. The highest BCUT2D eigenvalue weighted by Gasteiger charge is 2.24. The van der Waals surface area contributed by atoms with Crippen LogP contribution in [0.15, 0.2) is 48.5 Å². The smallest absolute Gasteiger partial charge is 0.318 e. The molecule has 0 bridgehead atoms. The van der Waals surface area contributed by atoms with Crippen LogP contribution in [0.2, 0.25) is 0 Å². The molecule has 0 aromatic heterocycles. The SMILES string of the molecule is CCOc1ccc([C@@H](C)N[C@@H](C(=O)NC(N)=O)c2ccccc2)cc1OCC. The number of nitrogens with two attached hydrogens (primary N) is 1. The van der Waals surface area contributed by atoms with E-state index in [1.165, 1.54) is 0 Å². The molecule has 150 valence electrons. The summed E-state index contributed by atoms with van der Waals surface area (Å²) in [7, 11) is 0. The molecule has 2 rings (SSSR count). The summed E-state index contributed by atoms with van der Waals surface area (Å²) in [6.45, 7) is 6.80. The first-order chi connectivity index (χ1) is 13.5. The van der Waals surface area contributed by atoms with Crippen molar-refractivity contribution in [1.82, 2.24) is 10.6 Å². The Hall–Kier alpha value is -3.06. The van der Waals surface area contributed by atoms with E-state index in [2.05, 4.69) is 10.6 Å². The molecule has 2 atom stereocenters. The van der Waals surface area contributed by atoms with Crippen LogP contribution < -0.4 is 25.8 Å². The number of imide groups is 1. The zero-order valence-corrected chi connectivity index (χ0v) is 16.4. The van der Waals surface area contributed by atoms with Crippen molar-refractivity contribution in [1.29, 1.82) is 0 Å². The number of urea groups is 1. The van der Waals surface area contributed by atoms with Gasteiger partial charge >= 0.3 is 6.03 Å². The van der Waals surface area contributed by atoms with E-state index in [1.54, 1.807) is 0 Å². The van der Waals surface area contributed by atoms with Crippen molar-refractivity contribution in [3.8, 4) is 11.5 Å². The molecule has 0 aliphatic carbocycles. The first kappa shape index (κ1) is 21.2. The third-order valence-corrected chi connectivity index (χ3v) is 4.13. The van der Waals surface area contributed by atoms with Gasteiger partial charge in [-0.25, -0.2) is 4.79 Å². The summed E-state index contributed by atoms with van der Waals surface area (Å²) < 4.78 is 11.3. The molecule has 0 radical (unpaired) electrons. The van der Waals surface area contributed by atoms with Gasteiger partial charge < -0.3 is 15.2 Å². The number of nitrogens with one attached hydrogen (secondary N) is 2. The molecule has 0 saturated heterocycles. The summed E-state index contributed by atoms with van der Waals surface area (Å²) in [5.74, 6) is 0.807. The van der Waals surface area contributed by atoms with Crippen LogP contribution in [0.25, 0.3) is 0 Å². The molecule has 0 aliphatic heterocycles. The molecular weight excluding hydrogens is 358 g/mol. The van der Waals surface area contributed by atoms with Gasteiger partial charge in [0, 0.05) is 6.04 Å². The van der Waals surface area contributed by atoms with E-state index in [1.807, 2.05) is 69.3 Å². The van der Waals surface area contributed by atoms with Gasteiger partial charge in [-0.05, 0) is 44.0 Å². The lowest BCUT2D eigenvalue weighted by molar-refractivity contribution is -0.122. The normalized spacial score (nSPS) is 12.7. The van der Waals surface area contributed by atoms with Gasteiger partial charge in [-0.15, -0.1) is 0 Å². The lowest BCUT2D eigenvalue weighted by Gasteiger charge is -2.23. The van der Waals surface area contributed by atoms with E-state index in [-0.39, 0.29) is 6.04 Å². The second kappa shape index (κ2) is 10.3. The summed E-state index contributed by atoms with van der Waals surface area (Å²) in [6, 6.07) is 13.0. The number of hydrogen-bond donors (Lipinski definition) is 3. The molecule has 0 heterocycles. The average molecular weight is 385 g/mol. The van der Waals surface area contributed by atoms with Crippen LogP contribution in [-0.2, 0) is 4.79 Å². The fraction of sp³-hybridized carbons (Fsp3) is 0.333. The predicted octanol–water partition coefficient (Wildman–Crippen LogP) is 3.07. The lowest BCUT2D eigenvalue weighted by Crippen LogP contribution is -2.43. The van der Waals surface area contributed by atoms with Crippen LogP contribution in [-0.4, -0.2) is 25.2 Å². The van der Waals surface area contributed by atoms with Gasteiger partial charge in [0.2, 0.25) is 5.91 Å². The van der Waals surface area contributed by atoms with Crippen molar-refractivity contribution in [2.75, 3.05) is 13.2 Å². The monoisotopic (exact) mass is 385 g/mol. The molecule has 0 saturated carbocycles. The second-order valence-corrected chi connectivity index (χ2v) is 6.16. The Morgan fingerprint density at radius 3 is 2.21 bits per heavy atom. The number of rotatable bonds is 9. The Morgan fingerprint density at radius 2 is 1.61 bits per heavy atom. The molecule has 0 unspecified atom stereocenters. The summed E-state index contributed by atoms with van der Waals surface area (Å²) in [5, 5.41) is 5.41. The molecule has 4 N–H and O–H groups in total. The van der Waals surface area contributed by atoms with Crippen LogP contribution in [0.5, 0.6) is 11.5 Å². The highest BCUT2D eigenvalue weighted by Crippen LogP contribution is 2.31. The topological polar surface area (TPSA) is 103 Å². The Bertz CT molecular complexity index is 795. The maximum Gasteiger partial charge on any atom is 0.318 e. The largest absolute Gasteiger partial charge is 0.490 e. The van der Waals surface area contributed by atoms with Gasteiger partial charge in [-0.2, -0.15) is 0 Å². The first-order valence-corrected chi connectivity index (χ1v) is 9.27. The van der Waals surface area contributed by atoms with Crippen molar-refractivity contribution in [2.45, 2.75) is 32.9 Å². The lowest BCUT2D eigenvalue weighted by atomic mass is 10.0. The van der Waals surface area contributed by atoms with Crippen molar-refractivity contribution in [2.24, 2.45) is 5.73 Å². The van der Waals surface area contributed by atoms with Gasteiger partial charge in [0.25, 0.3) is 0 Å². The van der Waals surface area contributed by atoms with E-state index in [0.717, 1.165) is 11.1 Å². The Labute approximate surface area is 165 Å². The molecule has 3 amide bonds. The summed E-state index contributed by atoms with van der Waals surface area (Å²) in [4.78, 5) is 23.7. The van der Waals surface area contributed by atoms with E-state index < -0.39 is 18.0 Å². The highest BCUT2D eigenvalue weighted by atomic mass is 16.5. The quantitative estimate of drug-likeness (QED) is 0.616. The van der Waals surface area contributed by atoms with Crippen LogP contribution in [0, 0.1) is 0 Å². The van der Waals surface area contributed by atoms with Crippen molar-refractivity contribution >= 4 is 11.9 Å². The molecule has 0 spiro atoms. The second-order valence-electron chi connectivity index (χ2n) is 6.16. The average Bonchev–Trinajstić information content (AvgIpc) is 2.67. The molecule has 0 fully saturated rings. The Kier molecular flexibility index (Phi) is 7.83. The van der Waals surface area contributed by atoms with Crippen LogP contribution in [0.1, 0.15) is 44.0 Å². The zero-order chi connectivity index (χ0) is 20.5. The zero-order valence-electron chi connectivity index (χ0n) is 16.4. The summed E-state index contributed by atoms with van der Waals surface area (Å²) >= 11 is 0. The third-order valence-electron chi connectivity index (χ3n) is 4.13. The number of primary amides is 1. The summed E-state index contributed by atoms with van der Waals surface area (Å²) in [5.41, 5.74) is 6.76. The van der Waals surface area contributed by atoms with E-state index in [9.17, 15) is 9.59 Å². The van der Waals surface area contributed by atoms with E-state index in [0.29, 0.717) is 24.7 Å². The fourth-order valence-electron chi connectivity index (χ4n) is 2.85. The Morgan fingerprint density at radius 1 is 0.964 bits per heavy atom. The minimum Gasteiger partial charge on any atom is -0.490 e. The number of amides is 3. The summed E-state index contributed by atoms with van der Waals surface area (Å²) in [6.07, 6.45) is 0. The predicted molar refractivity (Wildman–Crippen MR) is 107 cm³/mol. The minimum atomic E-state index is -0.889. The van der Waals surface area contributed by atoms with Gasteiger partial charge in [0.1, 0.15) is 6.04 Å². The van der Waals surface area contributed by atoms with E-state index >= 15 is 0 Å². The molecule has 28 heavy (non-hydrogen) atoms. The molecule has 7 heteroatoms. The standard InChI is InChI=1S/C21H27N3O4/c1-4-27-17-12-11-16(13-18(17)28-5-2)14(3)23-19(20(25)24-21(22)26)15-9-7-6-8-10-15/h6-14,19,23H,4-5H2,1-3H3,(H3,22,24,25,26)/t14-,19-/m1/s1. The highest BCUT2D eigenvalue weighted by molar-refractivity contribution is 5.96. The fourth-order valence-corrected chi connectivity index (χ4v) is 2.85. The molecule has 2 aromatic rings. The number of hydrogen-bond acceptors (Lipinski definition) is 5. The van der Waals surface area contributed by atoms with E-state index in [4.69, 9.17) is 15.2 Å². The van der Waals surface area contributed by atoms with Crippen LogP contribution >= 0.6 is 0 Å². The van der Waals surface area contributed by atoms with Gasteiger partial charge in [-0.1, -0.05) is 36.4 Å². The van der Waals surface area contributed by atoms with Gasteiger partial charge in [0.05, 0.1) is 13.2 Å². The van der Waals surface area contributed by atoms with Crippen molar-refractivity contribution < 1.29 is 19.1 Å². The van der Waals surface area contributed by atoms with Crippen molar-refractivity contribution in [3.05, 3.63) is 59.7 Å². The minimum absolute atomic E-state index is 0.210. The number of carbonyl (C=O) groups is 2. The third kappa shape index (κ3) is 5.72. The van der Waals surface area contributed by atoms with Crippen LogP contribution in [0.4, 0.5) is 4.79 Å². The van der Waals surface area contributed by atoms with Gasteiger partial charge in [-0.3, -0.25) is 15.4 Å². The molecule has 2 aromatic carbocycles. The van der Waals surface area contributed by atoms with Crippen molar-refractivity contribution in [3.63, 3.8) is 0 Å². The number of benzene rings is 2. The Balaban J connectivity index is 2.27. The van der Waals surface area contributed by atoms with Gasteiger partial charge in [0.15, 0.2) is 11.5 Å². The maximum absolute atomic E-state index is 12.5. The molecule has 7 nitrogen and oxygen atoms in total. The maximum atomic E-state index is 12.5. The first-order valence-electron chi connectivity index (χ1n) is 9.27. The number of ether oxygens (including phenoxy) is 2.